The number of fused-ring (bicyclic) bond motifs is 10. The second kappa shape index (κ2) is 8.44. The zero-order valence-corrected chi connectivity index (χ0v) is 21.5. The average molecular weight is 502 g/mol. The maximum absolute atomic E-state index is 2.43. The molecule has 0 bridgehead atoms. The predicted octanol–water partition coefficient (Wildman–Crippen LogP) is 10.6. The molecule has 0 saturated heterocycles. The van der Waals surface area contributed by atoms with E-state index >= 15 is 0 Å². The molecule has 0 fully saturated rings. The first-order chi connectivity index (χ1) is 18.9. The predicted molar refractivity (Wildman–Crippen MR) is 166 cm³/mol. The summed E-state index contributed by atoms with van der Waals surface area (Å²) in [5.41, 5.74) is 3.51. The van der Waals surface area contributed by atoms with Crippen molar-refractivity contribution in [1.29, 1.82) is 0 Å². The van der Waals surface area contributed by atoms with Crippen molar-refractivity contribution in [3.63, 3.8) is 0 Å². The molecule has 0 aliphatic carbocycles. The third-order valence-corrected chi connectivity index (χ3v) is 8.75. The summed E-state index contributed by atoms with van der Waals surface area (Å²) < 4.78 is 5.08. The molecule has 2 heteroatoms. The van der Waals surface area contributed by atoms with Crippen LogP contribution in [0.5, 0.6) is 0 Å². The molecular weight excluding hydrogens is 478 g/mol. The van der Waals surface area contributed by atoms with E-state index in [4.69, 9.17) is 0 Å². The molecule has 38 heavy (non-hydrogen) atoms. The van der Waals surface area contributed by atoms with Gasteiger partial charge in [0.25, 0.3) is 0 Å². The largest absolute Gasteiger partial charge is 0.309 e. The summed E-state index contributed by atoms with van der Waals surface area (Å²) in [6, 6.07) is 50.9. The molecule has 0 amide bonds. The molecule has 2 aromatic heterocycles. The first-order valence-electron chi connectivity index (χ1n) is 13.0. The Morgan fingerprint density at radius 1 is 0.342 bits per heavy atom. The molecule has 0 aliphatic heterocycles. The van der Waals surface area contributed by atoms with Gasteiger partial charge in [-0.25, -0.2) is 0 Å². The summed E-state index contributed by atoms with van der Waals surface area (Å²) in [5.74, 6) is 0. The van der Waals surface area contributed by atoms with E-state index in [1.165, 1.54) is 63.5 Å². The Morgan fingerprint density at radius 2 is 0.842 bits per heavy atom. The van der Waals surface area contributed by atoms with Crippen LogP contribution in [-0.4, -0.2) is 4.57 Å². The molecule has 6 aromatic carbocycles. The molecule has 0 N–H and O–H groups in total. The summed E-state index contributed by atoms with van der Waals surface area (Å²) >= 11 is 1.88. The van der Waals surface area contributed by atoms with Crippen LogP contribution in [0.15, 0.2) is 140 Å². The summed E-state index contributed by atoms with van der Waals surface area (Å²) in [5, 5.41) is 10.2. The molecule has 2 heterocycles. The maximum Gasteiger partial charge on any atom is 0.0540 e. The van der Waals surface area contributed by atoms with E-state index in [-0.39, 0.29) is 0 Å². The van der Waals surface area contributed by atoms with Crippen molar-refractivity contribution in [3.05, 3.63) is 140 Å². The van der Waals surface area contributed by atoms with Crippen LogP contribution < -0.4 is 0 Å². The van der Waals surface area contributed by atoms with Gasteiger partial charge in [-0.3, -0.25) is 0 Å². The van der Waals surface area contributed by atoms with Crippen molar-refractivity contribution in [3.8, 4) is 5.69 Å². The van der Waals surface area contributed by atoms with Crippen LogP contribution in [-0.2, 0) is 0 Å². The summed E-state index contributed by atoms with van der Waals surface area (Å²) in [6.07, 6.45) is 0. The van der Waals surface area contributed by atoms with Crippen LogP contribution in [0.25, 0.3) is 69.2 Å². The van der Waals surface area contributed by atoms with Gasteiger partial charge in [-0.2, -0.15) is 0 Å². The Bertz CT molecular complexity index is 2230. The third-order valence-electron chi connectivity index (χ3n) is 7.62. The lowest BCUT2D eigenvalue weighted by molar-refractivity contribution is 1.17. The first-order valence-corrected chi connectivity index (χ1v) is 13.8. The SMILES string of the molecule is c1ccc(-n2c3ccccc3c3ccccc3c3cc4sc5ccccc5c4cc3c3ccccc32)cc1. The summed E-state index contributed by atoms with van der Waals surface area (Å²) in [6.45, 7) is 0. The topological polar surface area (TPSA) is 4.93 Å². The molecule has 0 saturated carbocycles. The van der Waals surface area contributed by atoms with E-state index in [1.807, 2.05) is 11.3 Å². The van der Waals surface area contributed by atoms with Crippen LogP contribution in [0, 0.1) is 0 Å². The van der Waals surface area contributed by atoms with Crippen LogP contribution in [0.2, 0.25) is 0 Å². The molecule has 0 radical (unpaired) electrons. The smallest absolute Gasteiger partial charge is 0.0540 e. The normalized spacial score (nSPS) is 11.7. The van der Waals surface area contributed by atoms with Crippen molar-refractivity contribution in [1.82, 2.24) is 4.57 Å². The molecule has 8 aromatic rings. The zero-order valence-electron chi connectivity index (χ0n) is 20.6. The number of benzene rings is 6. The van der Waals surface area contributed by atoms with Gasteiger partial charge < -0.3 is 4.57 Å². The Hall–Kier alpha value is -4.66. The Labute approximate surface area is 224 Å². The Kier molecular flexibility index (Phi) is 4.76. The van der Waals surface area contributed by atoms with Crippen molar-refractivity contribution in [2.75, 3.05) is 0 Å². The van der Waals surface area contributed by atoms with Crippen LogP contribution >= 0.6 is 11.3 Å². The molecule has 8 rings (SSSR count). The molecule has 0 aliphatic rings. The number of thiophene rings is 1. The highest BCUT2D eigenvalue weighted by Gasteiger charge is 2.13. The highest BCUT2D eigenvalue weighted by atomic mass is 32.1. The highest BCUT2D eigenvalue weighted by molar-refractivity contribution is 7.25. The molecule has 1 nitrogen and oxygen atoms in total. The molecule has 0 spiro atoms. The van der Waals surface area contributed by atoms with E-state index in [1.54, 1.807) is 0 Å². The van der Waals surface area contributed by atoms with Crippen molar-refractivity contribution in [2.45, 2.75) is 0 Å². The number of hydrogen-bond acceptors (Lipinski definition) is 1. The van der Waals surface area contributed by atoms with Gasteiger partial charge in [0.2, 0.25) is 0 Å². The number of rotatable bonds is 1. The number of aromatic nitrogens is 1. The minimum atomic E-state index is 1.15. The molecular formula is C36H23NS. The van der Waals surface area contributed by atoms with Crippen molar-refractivity contribution >= 4 is 74.9 Å². The standard InChI is InChI=1S/C36H23NS/c1-2-12-24(13-3-1)37-33-19-9-6-16-27(33)25-14-4-5-15-26(25)31-23-36-32(29-18-8-11-21-35(29)38-36)22-30(31)28-17-7-10-20-34(28)37/h1-23H. The second-order valence-corrected chi connectivity index (χ2v) is 10.8. The van der Waals surface area contributed by atoms with Crippen LogP contribution in [0.4, 0.5) is 0 Å². The Morgan fingerprint density at radius 3 is 1.55 bits per heavy atom. The lowest BCUT2D eigenvalue weighted by Gasteiger charge is -2.13. The minimum Gasteiger partial charge on any atom is -0.309 e. The lowest BCUT2D eigenvalue weighted by Crippen LogP contribution is -1.97. The fraction of sp³-hybridized carbons (Fsp3) is 0. The fourth-order valence-corrected chi connectivity index (χ4v) is 7.07. The van der Waals surface area contributed by atoms with Gasteiger partial charge >= 0.3 is 0 Å². The van der Waals surface area contributed by atoms with Gasteiger partial charge in [0.1, 0.15) is 0 Å². The quantitative estimate of drug-likeness (QED) is 0.211. The van der Waals surface area contributed by atoms with E-state index < -0.39 is 0 Å². The van der Waals surface area contributed by atoms with Gasteiger partial charge in [-0.15, -0.1) is 11.3 Å². The van der Waals surface area contributed by atoms with E-state index in [0.29, 0.717) is 0 Å². The first kappa shape index (κ1) is 21.4. The fourth-order valence-electron chi connectivity index (χ4n) is 5.95. The average Bonchev–Trinajstić information content (AvgIpc) is 3.36. The van der Waals surface area contributed by atoms with Crippen molar-refractivity contribution in [2.24, 2.45) is 0 Å². The van der Waals surface area contributed by atoms with Crippen LogP contribution in [0.3, 0.4) is 0 Å². The number of nitrogens with zero attached hydrogens (tertiary/aromatic N) is 1. The molecule has 178 valence electrons. The minimum absolute atomic E-state index is 1.15. The highest BCUT2D eigenvalue weighted by Crippen LogP contribution is 2.40. The van der Waals surface area contributed by atoms with Gasteiger partial charge in [-0.1, -0.05) is 97.1 Å². The van der Waals surface area contributed by atoms with Crippen molar-refractivity contribution < 1.29 is 0 Å². The zero-order chi connectivity index (χ0) is 25.1. The van der Waals surface area contributed by atoms with Gasteiger partial charge in [0.05, 0.1) is 11.0 Å². The summed E-state index contributed by atoms with van der Waals surface area (Å²) in [4.78, 5) is 0. The molecule has 0 atom stereocenters. The van der Waals surface area contributed by atoms with E-state index in [9.17, 15) is 0 Å². The number of hydrogen-bond donors (Lipinski definition) is 0. The van der Waals surface area contributed by atoms with Gasteiger partial charge in [0.15, 0.2) is 0 Å². The van der Waals surface area contributed by atoms with E-state index in [0.717, 1.165) is 5.69 Å². The van der Waals surface area contributed by atoms with Crippen LogP contribution in [0.1, 0.15) is 0 Å². The lowest BCUT2D eigenvalue weighted by atomic mass is 9.99. The maximum atomic E-state index is 2.43. The molecule has 0 unspecified atom stereocenters. The van der Waals surface area contributed by atoms with E-state index in [2.05, 4.69) is 144 Å². The Balaban J connectivity index is 1.77. The van der Waals surface area contributed by atoms with Gasteiger partial charge in [0, 0.05) is 36.6 Å². The van der Waals surface area contributed by atoms with Gasteiger partial charge in [-0.05, 0) is 64.0 Å². The monoisotopic (exact) mass is 501 g/mol. The third kappa shape index (κ3) is 3.17. The number of para-hydroxylation sites is 3. The second-order valence-electron chi connectivity index (χ2n) is 9.74. The summed E-state index contributed by atoms with van der Waals surface area (Å²) in [7, 11) is 0.